The van der Waals surface area contributed by atoms with E-state index in [2.05, 4.69) is 16.8 Å². The summed E-state index contributed by atoms with van der Waals surface area (Å²) in [6.07, 6.45) is 8.09. The van der Waals surface area contributed by atoms with Gasteiger partial charge in [0.25, 0.3) is 0 Å². The van der Waals surface area contributed by atoms with E-state index in [1.54, 1.807) is 11.3 Å². The maximum absolute atomic E-state index is 6.59. The molecule has 82 valence electrons. The highest BCUT2D eigenvalue weighted by atomic mass is 32.1. The monoisotopic (exact) mass is 221 g/mol. The zero-order chi connectivity index (χ0) is 10.3. The number of rotatable bonds is 2. The van der Waals surface area contributed by atoms with Crippen molar-refractivity contribution in [3.05, 3.63) is 22.4 Å². The molecule has 1 nitrogen and oxygen atoms in total. The Hall–Kier alpha value is -0.340. The molecule has 0 aromatic carbocycles. The minimum absolute atomic E-state index is 0.00546. The lowest BCUT2D eigenvalue weighted by Gasteiger charge is -2.38. The van der Waals surface area contributed by atoms with E-state index in [1.807, 2.05) is 0 Å². The molecule has 1 aromatic heterocycles. The first-order valence-electron chi connectivity index (χ1n) is 6.09. The van der Waals surface area contributed by atoms with Crippen LogP contribution in [0.15, 0.2) is 16.8 Å². The molecule has 0 saturated heterocycles. The highest BCUT2D eigenvalue weighted by Gasteiger charge is 2.40. The van der Waals surface area contributed by atoms with E-state index in [1.165, 1.54) is 44.1 Å². The van der Waals surface area contributed by atoms with Gasteiger partial charge in [-0.1, -0.05) is 12.8 Å². The lowest BCUT2D eigenvalue weighted by Crippen LogP contribution is -2.41. The second-order valence-electron chi connectivity index (χ2n) is 5.36. The Labute approximate surface area is 95.7 Å². The summed E-state index contributed by atoms with van der Waals surface area (Å²) in [6, 6.07) is 2.22. The van der Waals surface area contributed by atoms with Crippen LogP contribution in [0.4, 0.5) is 0 Å². The smallest absolute Gasteiger partial charge is 0.0420 e. The Morgan fingerprint density at radius 2 is 2.13 bits per heavy atom. The molecule has 3 rings (SSSR count). The maximum Gasteiger partial charge on any atom is 0.0420 e. The van der Waals surface area contributed by atoms with Gasteiger partial charge in [0.1, 0.15) is 0 Å². The first kappa shape index (κ1) is 9.86. The molecule has 2 saturated carbocycles. The van der Waals surface area contributed by atoms with Crippen molar-refractivity contribution in [2.24, 2.45) is 17.6 Å². The van der Waals surface area contributed by atoms with Crippen LogP contribution in [0.3, 0.4) is 0 Å². The van der Waals surface area contributed by atoms with Gasteiger partial charge < -0.3 is 5.73 Å². The molecule has 2 atom stereocenters. The molecule has 2 heteroatoms. The molecule has 0 aliphatic heterocycles. The third-order valence-electron chi connectivity index (χ3n) is 4.21. The normalized spacial score (nSPS) is 36.7. The van der Waals surface area contributed by atoms with Gasteiger partial charge in [-0.2, -0.15) is 11.3 Å². The predicted molar refractivity (Wildman–Crippen MR) is 64.9 cm³/mol. The number of nitrogens with two attached hydrogens (primary N) is 1. The lowest BCUT2D eigenvalue weighted by molar-refractivity contribution is 0.207. The van der Waals surface area contributed by atoms with E-state index >= 15 is 0 Å². The van der Waals surface area contributed by atoms with Crippen LogP contribution in [0.25, 0.3) is 0 Å². The summed E-state index contributed by atoms with van der Waals surface area (Å²) in [5, 5.41) is 4.40. The summed E-state index contributed by atoms with van der Waals surface area (Å²) in [7, 11) is 0. The fourth-order valence-corrected chi connectivity index (χ4v) is 3.90. The Balaban J connectivity index is 1.79. The van der Waals surface area contributed by atoms with Gasteiger partial charge in [0.2, 0.25) is 0 Å². The van der Waals surface area contributed by atoms with Crippen LogP contribution in [-0.4, -0.2) is 0 Å². The Morgan fingerprint density at radius 3 is 2.80 bits per heavy atom. The summed E-state index contributed by atoms with van der Waals surface area (Å²) in [6.45, 7) is 0. The topological polar surface area (TPSA) is 26.0 Å². The summed E-state index contributed by atoms with van der Waals surface area (Å²) < 4.78 is 0. The average molecular weight is 221 g/mol. The van der Waals surface area contributed by atoms with Gasteiger partial charge in [-0.15, -0.1) is 0 Å². The van der Waals surface area contributed by atoms with Crippen LogP contribution in [0.2, 0.25) is 0 Å². The van der Waals surface area contributed by atoms with Crippen molar-refractivity contribution in [1.82, 2.24) is 0 Å². The first-order valence-corrected chi connectivity index (χ1v) is 7.04. The molecule has 2 fully saturated rings. The van der Waals surface area contributed by atoms with Crippen LogP contribution >= 0.6 is 11.3 Å². The van der Waals surface area contributed by atoms with Crippen molar-refractivity contribution in [2.45, 2.75) is 44.1 Å². The van der Waals surface area contributed by atoms with Gasteiger partial charge in [0, 0.05) is 5.54 Å². The zero-order valence-electron chi connectivity index (χ0n) is 9.11. The lowest BCUT2D eigenvalue weighted by atomic mass is 9.72. The van der Waals surface area contributed by atoms with Gasteiger partial charge in [-0.25, -0.2) is 0 Å². The summed E-state index contributed by atoms with van der Waals surface area (Å²) in [5.74, 6) is 1.94. The molecule has 15 heavy (non-hydrogen) atoms. The van der Waals surface area contributed by atoms with Gasteiger partial charge in [-0.3, -0.25) is 0 Å². The predicted octanol–water partition coefficient (Wildman–Crippen LogP) is 3.50. The molecular weight excluding hydrogens is 202 g/mol. The maximum atomic E-state index is 6.59. The van der Waals surface area contributed by atoms with Crippen molar-refractivity contribution in [3.63, 3.8) is 0 Å². The van der Waals surface area contributed by atoms with Gasteiger partial charge in [0.15, 0.2) is 0 Å². The Morgan fingerprint density at radius 1 is 1.27 bits per heavy atom. The second kappa shape index (κ2) is 3.60. The second-order valence-corrected chi connectivity index (χ2v) is 6.14. The summed E-state index contributed by atoms with van der Waals surface area (Å²) in [4.78, 5) is 0. The third kappa shape index (κ3) is 1.85. The molecule has 1 heterocycles. The molecule has 0 amide bonds. The molecule has 2 aliphatic rings. The fourth-order valence-electron chi connectivity index (χ4n) is 3.13. The molecule has 2 N–H and O–H groups in total. The van der Waals surface area contributed by atoms with Crippen molar-refractivity contribution >= 4 is 11.3 Å². The third-order valence-corrected chi connectivity index (χ3v) is 4.89. The van der Waals surface area contributed by atoms with Crippen molar-refractivity contribution < 1.29 is 0 Å². The zero-order valence-corrected chi connectivity index (χ0v) is 9.93. The van der Waals surface area contributed by atoms with Crippen molar-refractivity contribution in [3.8, 4) is 0 Å². The first-order chi connectivity index (χ1) is 7.28. The fraction of sp³-hybridized carbons (Fsp3) is 0.692. The largest absolute Gasteiger partial charge is 0.321 e. The molecule has 2 aliphatic carbocycles. The SMILES string of the molecule is NC1(c2ccsc2)CCCC(C2CC2)C1. The van der Waals surface area contributed by atoms with Crippen LogP contribution in [-0.2, 0) is 5.54 Å². The van der Waals surface area contributed by atoms with Gasteiger partial charge in [0.05, 0.1) is 0 Å². The van der Waals surface area contributed by atoms with E-state index in [-0.39, 0.29) is 5.54 Å². The molecule has 1 aromatic rings. The van der Waals surface area contributed by atoms with Crippen molar-refractivity contribution in [1.29, 1.82) is 0 Å². The van der Waals surface area contributed by atoms with Crippen LogP contribution in [0.1, 0.15) is 44.1 Å². The quantitative estimate of drug-likeness (QED) is 0.812. The molecular formula is C13H19NS. The average Bonchev–Trinajstić information content (AvgIpc) is 2.93. The number of hydrogen-bond acceptors (Lipinski definition) is 2. The van der Waals surface area contributed by atoms with Gasteiger partial charge >= 0.3 is 0 Å². The number of hydrogen-bond donors (Lipinski definition) is 1. The van der Waals surface area contributed by atoms with E-state index in [9.17, 15) is 0 Å². The molecule has 0 spiro atoms. The van der Waals surface area contributed by atoms with Crippen molar-refractivity contribution in [2.75, 3.05) is 0 Å². The van der Waals surface area contributed by atoms with E-state index < -0.39 is 0 Å². The molecule has 2 unspecified atom stereocenters. The number of thiophene rings is 1. The van der Waals surface area contributed by atoms with Crippen LogP contribution in [0, 0.1) is 11.8 Å². The van der Waals surface area contributed by atoms with E-state index in [4.69, 9.17) is 5.73 Å². The van der Waals surface area contributed by atoms with E-state index in [0.717, 1.165) is 11.8 Å². The minimum atomic E-state index is 0.00546. The Bertz CT molecular complexity index is 328. The highest BCUT2D eigenvalue weighted by molar-refractivity contribution is 7.08. The van der Waals surface area contributed by atoms with E-state index in [0.29, 0.717) is 0 Å². The highest BCUT2D eigenvalue weighted by Crippen LogP contribution is 2.48. The van der Waals surface area contributed by atoms with Gasteiger partial charge in [-0.05, 0) is 59.9 Å². The Kier molecular flexibility index (Phi) is 2.37. The summed E-state index contributed by atoms with van der Waals surface area (Å²) in [5.41, 5.74) is 7.98. The van der Waals surface area contributed by atoms with Crippen LogP contribution < -0.4 is 5.73 Å². The van der Waals surface area contributed by atoms with Crippen LogP contribution in [0.5, 0.6) is 0 Å². The summed E-state index contributed by atoms with van der Waals surface area (Å²) >= 11 is 1.78. The standard InChI is InChI=1S/C13H19NS/c14-13(12-5-7-15-9-12)6-1-2-11(8-13)10-3-4-10/h5,7,9-11H,1-4,6,8,14H2. The minimum Gasteiger partial charge on any atom is -0.321 e. The molecule has 0 bridgehead atoms. The molecule has 0 radical (unpaired) electrons.